The van der Waals surface area contributed by atoms with Crippen LogP contribution in [-0.4, -0.2) is 30.9 Å². The van der Waals surface area contributed by atoms with Gasteiger partial charge in [-0.05, 0) is 6.21 Å². The lowest BCUT2D eigenvalue weighted by Gasteiger charge is -2.13. The van der Waals surface area contributed by atoms with Gasteiger partial charge in [-0.2, -0.15) is 0 Å². The first-order valence-electron chi connectivity index (χ1n) is 3.85. The van der Waals surface area contributed by atoms with Gasteiger partial charge in [0, 0.05) is 20.3 Å². The first-order valence-corrected chi connectivity index (χ1v) is 3.85. The first-order chi connectivity index (χ1) is 6.06. The fourth-order valence-corrected chi connectivity index (χ4v) is 0.727. The second-order valence-electron chi connectivity index (χ2n) is 2.47. The highest BCUT2D eigenvalue weighted by Gasteiger charge is 2.11. The summed E-state index contributed by atoms with van der Waals surface area (Å²) < 4.78 is 9.41. The van der Waals surface area contributed by atoms with Gasteiger partial charge in [-0.3, -0.25) is 9.59 Å². The number of ether oxygens (including phenoxy) is 2. The van der Waals surface area contributed by atoms with Gasteiger partial charge in [0.25, 0.3) is 0 Å². The van der Waals surface area contributed by atoms with Crippen LogP contribution in [-0.2, 0) is 19.1 Å². The maximum absolute atomic E-state index is 10.5. The third-order valence-electron chi connectivity index (χ3n) is 1.19. The Kier molecular flexibility index (Phi) is 5.50. The molecular formula is C8H13NO4. The number of hydrogen-bond donors (Lipinski definition) is 1. The number of nitrogens with one attached hydrogen (secondary N) is 1. The molecule has 0 saturated carbocycles. The molecule has 1 unspecified atom stereocenters. The van der Waals surface area contributed by atoms with E-state index in [1.165, 1.54) is 13.8 Å². The van der Waals surface area contributed by atoms with Gasteiger partial charge < -0.3 is 14.9 Å². The van der Waals surface area contributed by atoms with Crippen LogP contribution in [0.1, 0.15) is 20.3 Å². The molecule has 5 nitrogen and oxygen atoms in total. The number of rotatable bonds is 5. The van der Waals surface area contributed by atoms with E-state index in [2.05, 4.69) is 4.74 Å². The maximum Gasteiger partial charge on any atom is 0.303 e. The molecule has 0 radical (unpaired) electrons. The van der Waals surface area contributed by atoms with Crippen LogP contribution in [0.4, 0.5) is 0 Å². The molecule has 1 N–H and O–H groups in total. The molecule has 74 valence electrons. The largest absolute Gasteiger partial charge is 0.462 e. The van der Waals surface area contributed by atoms with E-state index in [9.17, 15) is 9.59 Å². The van der Waals surface area contributed by atoms with Gasteiger partial charge in [-0.15, -0.1) is 0 Å². The van der Waals surface area contributed by atoms with Crippen molar-refractivity contribution < 1.29 is 19.1 Å². The quantitative estimate of drug-likeness (QED) is 0.503. The third kappa shape index (κ3) is 6.99. The van der Waals surface area contributed by atoms with E-state index in [4.69, 9.17) is 10.1 Å². The standard InChI is InChI=1S/C8H13NO4/c1-6(10)12-5-8(3-4-9)13-7(2)11/h4,8-9H,3,5H2,1-2H3. The molecule has 0 saturated heterocycles. The summed E-state index contributed by atoms with van der Waals surface area (Å²) >= 11 is 0. The van der Waals surface area contributed by atoms with E-state index in [1.807, 2.05) is 0 Å². The third-order valence-corrected chi connectivity index (χ3v) is 1.19. The van der Waals surface area contributed by atoms with Crippen LogP contribution in [0.25, 0.3) is 0 Å². The molecule has 5 heteroatoms. The van der Waals surface area contributed by atoms with E-state index >= 15 is 0 Å². The van der Waals surface area contributed by atoms with Crippen molar-refractivity contribution in [3.05, 3.63) is 0 Å². The van der Waals surface area contributed by atoms with E-state index in [0.29, 0.717) is 0 Å². The van der Waals surface area contributed by atoms with E-state index in [1.54, 1.807) is 0 Å². The molecular weight excluding hydrogens is 174 g/mol. The van der Waals surface area contributed by atoms with Crippen molar-refractivity contribution in [1.29, 1.82) is 5.41 Å². The van der Waals surface area contributed by atoms with Gasteiger partial charge in [0.15, 0.2) is 0 Å². The van der Waals surface area contributed by atoms with Crippen LogP contribution in [0.15, 0.2) is 0 Å². The van der Waals surface area contributed by atoms with Crippen molar-refractivity contribution in [3.63, 3.8) is 0 Å². The molecule has 0 heterocycles. The highest BCUT2D eigenvalue weighted by atomic mass is 16.6. The summed E-state index contributed by atoms with van der Waals surface area (Å²) in [5.41, 5.74) is 0. The Hall–Kier alpha value is -1.39. The molecule has 0 spiro atoms. The lowest BCUT2D eigenvalue weighted by atomic mass is 10.3. The Labute approximate surface area is 76.5 Å². The lowest BCUT2D eigenvalue weighted by molar-refractivity contribution is -0.155. The van der Waals surface area contributed by atoms with Crippen molar-refractivity contribution in [2.24, 2.45) is 0 Å². The van der Waals surface area contributed by atoms with Gasteiger partial charge in [0.05, 0.1) is 0 Å². The Morgan fingerprint density at radius 3 is 2.38 bits per heavy atom. The lowest BCUT2D eigenvalue weighted by Crippen LogP contribution is -2.23. The van der Waals surface area contributed by atoms with Crippen LogP contribution in [0, 0.1) is 5.41 Å². The van der Waals surface area contributed by atoms with Gasteiger partial charge in [-0.1, -0.05) is 0 Å². The Bertz CT molecular complexity index is 202. The number of hydrogen-bond acceptors (Lipinski definition) is 5. The molecule has 0 aromatic heterocycles. The Morgan fingerprint density at radius 1 is 1.38 bits per heavy atom. The smallest absolute Gasteiger partial charge is 0.303 e. The molecule has 1 atom stereocenters. The molecule has 0 aliphatic heterocycles. The van der Waals surface area contributed by atoms with Gasteiger partial charge in [-0.25, -0.2) is 0 Å². The molecule has 13 heavy (non-hydrogen) atoms. The predicted molar refractivity (Wildman–Crippen MR) is 45.6 cm³/mol. The zero-order valence-electron chi connectivity index (χ0n) is 7.70. The SMILES string of the molecule is CC(=O)OCC(CC=N)OC(C)=O. The molecule has 0 amide bonds. The van der Waals surface area contributed by atoms with Crippen molar-refractivity contribution in [1.82, 2.24) is 0 Å². The van der Waals surface area contributed by atoms with Crippen LogP contribution in [0.2, 0.25) is 0 Å². The predicted octanol–water partition coefficient (Wildman–Crippen LogP) is 0.521. The minimum Gasteiger partial charge on any atom is -0.462 e. The Balaban J connectivity index is 3.85. The fourth-order valence-electron chi connectivity index (χ4n) is 0.727. The van der Waals surface area contributed by atoms with Gasteiger partial charge >= 0.3 is 11.9 Å². The van der Waals surface area contributed by atoms with Crippen LogP contribution >= 0.6 is 0 Å². The summed E-state index contributed by atoms with van der Waals surface area (Å²) in [4.78, 5) is 21.0. The number of carbonyl (C=O) groups is 2. The van der Waals surface area contributed by atoms with Crippen molar-refractivity contribution >= 4 is 18.2 Å². The van der Waals surface area contributed by atoms with E-state index in [-0.39, 0.29) is 13.0 Å². The summed E-state index contributed by atoms with van der Waals surface area (Å²) in [6, 6.07) is 0. The van der Waals surface area contributed by atoms with Gasteiger partial charge in [0.1, 0.15) is 12.7 Å². The molecule has 0 rings (SSSR count). The highest BCUT2D eigenvalue weighted by molar-refractivity contribution is 5.67. The van der Waals surface area contributed by atoms with Gasteiger partial charge in [0.2, 0.25) is 0 Å². The van der Waals surface area contributed by atoms with Crippen LogP contribution < -0.4 is 0 Å². The normalized spacial score (nSPS) is 11.5. The summed E-state index contributed by atoms with van der Waals surface area (Å²) in [6.45, 7) is 2.55. The fraction of sp³-hybridized carbons (Fsp3) is 0.625. The minimum absolute atomic E-state index is 0.00426. The second kappa shape index (κ2) is 6.16. The number of esters is 2. The molecule has 0 bridgehead atoms. The zero-order chi connectivity index (χ0) is 10.3. The van der Waals surface area contributed by atoms with Crippen molar-refractivity contribution in [2.45, 2.75) is 26.4 Å². The topological polar surface area (TPSA) is 76.5 Å². The first kappa shape index (κ1) is 11.6. The van der Waals surface area contributed by atoms with E-state index < -0.39 is 18.0 Å². The molecule has 0 aliphatic carbocycles. The van der Waals surface area contributed by atoms with Crippen molar-refractivity contribution in [2.75, 3.05) is 6.61 Å². The van der Waals surface area contributed by atoms with Crippen LogP contribution in [0.5, 0.6) is 0 Å². The molecule has 0 fully saturated rings. The number of carbonyl (C=O) groups excluding carboxylic acids is 2. The molecule has 0 aromatic carbocycles. The summed E-state index contributed by atoms with van der Waals surface area (Å²) in [7, 11) is 0. The summed E-state index contributed by atoms with van der Waals surface area (Å²) in [6.07, 6.45) is 0.822. The highest BCUT2D eigenvalue weighted by Crippen LogP contribution is 1.98. The summed E-state index contributed by atoms with van der Waals surface area (Å²) in [5.74, 6) is -0.874. The van der Waals surface area contributed by atoms with Crippen molar-refractivity contribution in [3.8, 4) is 0 Å². The monoisotopic (exact) mass is 187 g/mol. The zero-order valence-corrected chi connectivity index (χ0v) is 7.70. The molecule has 0 aromatic rings. The second-order valence-corrected chi connectivity index (χ2v) is 2.47. The van der Waals surface area contributed by atoms with E-state index in [0.717, 1.165) is 6.21 Å². The average molecular weight is 187 g/mol. The average Bonchev–Trinajstić information content (AvgIpc) is 1.99. The van der Waals surface area contributed by atoms with Crippen LogP contribution in [0.3, 0.4) is 0 Å². The Morgan fingerprint density at radius 2 is 2.00 bits per heavy atom. The summed E-state index contributed by atoms with van der Waals surface area (Å²) in [5, 5.41) is 6.81. The minimum atomic E-state index is -0.543. The molecule has 0 aliphatic rings. The maximum atomic E-state index is 10.5.